The first-order chi connectivity index (χ1) is 6.75. The number of aryl methyl sites for hydroxylation is 1. The van der Waals surface area contributed by atoms with E-state index in [1.165, 1.54) is 24.8 Å². The second-order valence-corrected chi connectivity index (χ2v) is 4.36. The first-order valence-corrected chi connectivity index (χ1v) is 5.47. The van der Waals surface area contributed by atoms with Crippen molar-refractivity contribution in [3.63, 3.8) is 0 Å². The topological polar surface area (TPSA) is 29.9 Å². The summed E-state index contributed by atoms with van der Waals surface area (Å²) in [6, 6.07) is 0.433. The lowest BCUT2D eigenvalue weighted by atomic mass is 10.2. The third kappa shape index (κ3) is 2.58. The molecule has 1 saturated carbocycles. The van der Waals surface area contributed by atoms with Gasteiger partial charge in [0.15, 0.2) is 0 Å². The number of hydrogen-bond acceptors (Lipinski definition) is 2. The summed E-state index contributed by atoms with van der Waals surface area (Å²) in [5.41, 5.74) is 1.28. The normalized spacial score (nSPS) is 18.4. The Kier molecular flexibility index (Phi) is 2.87. The second kappa shape index (κ2) is 4.13. The number of nitrogens with zero attached hydrogens (tertiary/aromatic N) is 2. The molecule has 3 heteroatoms. The van der Waals surface area contributed by atoms with E-state index >= 15 is 0 Å². The van der Waals surface area contributed by atoms with E-state index in [9.17, 15) is 0 Å². The predicted octanol–water partition coefficient (Wildman–Crippen LogP) is 1.87. The summed E-state index contributed by atoms with van der Waals surface area (Å²) in [7, 11) is 1.96. The molecule has 78 valence electrons. The van der Waals surface area contributed by atoms with Crippen molar-refractivity contribution in [1.29, 1.82) is 0 Å². The smallest absolute Gasteiger partial charge is 0.0537 e. The first kappa shape index (κ1) is 9.71. The third-order valence-corrected chi connectivity index (χ3v) is 2.92. The molecular weight excluding hydrogens is 174 g/mol. The summed E-state index contributed by atoms with van der Waals surface area (Å²) < 4.78 is 1.86. The monoisotopic (exact) mass is 193 g/mol. The molecule has 1 aromatic rings. The van der Waals surface area contributed by atoms with Crippen LogP contribution in [0, 0.1) is 5.92 Å². The van der Waals surface area contributed by atoms with Crippen molar-refractivity contribution in [2.45, 2.75) is 32.2 Å². The van der Waals surface area contributed by atoms with Gasteiger partial charge < -0.3 is 5.32 Å². The van der Waals surface area contributed by atoms with Crippen molar-refractivity contribution >= 4 is 0 Å². The number of hydrogen-bond donors (Lipinski definition) is 1. The van der Waals surface area contributed by atoms with Gasteiger partial charge in [0.05, 0.1) is 6.20 Å². The molecule has 1 heterocycles. The van der Waals surface area contributed by atoms with Crippen LogP contribution in [0.1, 0.15) is 37.8 Å². The Balaban J connectivity index is 1.73. The Morgan fingerprint density at radius 2 is 2.43 bits per heavy atom. The summed E-state index contributed by atoms with van der Waals surface area (Å²) in [4.78, 5) is 0. The van der Waals surface area contributed by atoms with Gasteiger partial charge in [0, 0.05) is 24.8 Å². The fraction of sp³-hybridized carbons (Fsp3) is 0.727. The quantitative estimate of drug-likeness (QED) is 0.773. The zero-order chi connectivity index (χ0) is 9.97. The molecular formula is C11H19N3. The maximum absolute atomic E-state index is 4.17. The number of nitrogens with one attached hydrogen (secondary N) is 1. The summed E-state index contributed by atoms with van der Waals surface area (Å²) in [5, 5.41) is 7.70. The highest BCUT2D eigenvalue weighted by atomic mass is 15.2. The van der Waals surface area contributed by atoms with Crippen LogP contribution in [0.3, 0.4) is 0 Å². The fourth-order valence-electron chi connectivity index (χ4n) is 1.69. The van der Waals surface area contributed by atoms with Crippen LogP contribution in [0.4, 0.5) is 0 Å². The van der Waals surface area contributed by atoms with Crippen LogP contribution in [0.15, 0.2) is 12.4 Å². The first-order valence-electron chi connectivity index (χ1n) is 5.47. The lowest BCUT2D eigenvalue weighted by molar-refractivity contribution is 0.539. The number of aromatic nitrogens is 2. The standard InChI is InChI=1S/C11H19N3/c1-9(11-7-13-14(2)8-11)12-6-5-10-3-4-10/h7-10,12H,3-6H2,1-2H3. The molecule has 0 spiro atoms. The molecule has 3 nitrogen and oxygen atoms in total. The van der Waals surface area contributed by atoms with Crippen LogP contribution in [-0.2, 0) is 7.05 Å². The van der Waals surface area contributed by atoms with Crippen molar-refractivity contribution in [3.05, 3.63) is 18.0 Å². The van der Waals surface area contributed by atoms with Gasteiger partial charge in [0.25, 0.3) is 0 Å². The average molecular weight is 193 g/mol. The van der Waals surface area contributed by atoms with Gasteiger partial charge in [0.1, 0.15) is 0 Å². The van der Waals surface area contributed by atoms with Crippen LogP contribution in [0.5, 0.6) is 0 Å². The maximum atomic E-state index is 4.17. The molecule has 0 radical (unpaired) electrons. The fourth-order valence-corrected chi connectivity index (χ4v) is 1.69. The number of rotatable bonds is 5. The highest BCUT2D eigenvalue weighted by Gasteiger charge is 2.20. The summed E-state index contributed by atoms with van der Waals surface area (Å²) in [5.74, 6) is 1.02. The molecule has 14 heavy (non-hydrogen) atoms. The summed E-state index contributed by atoms with van der Waals surface area (Å²) in [6.07, 6.45) is 8.25. The molecule has 1 atom stereocenters. The Bertz CT molecular complexity index is 288. The lowest BCUT2D eigenvalue weighted by Gasteiger charge is -2.11. The maximum Gasteiger partial charge on any atom is 0.0537 e. The molecule has 0 saturated heterocycles. The van der Waals surface area contributed by atoms with E-state index < -0.39 is 0 Å². The third-order valence-electron chi connectivity index (χ3n) is 2.92. The van der Waals surface area contributed by atoms with E-state index in [1.807, 2.05) is 17.9 Å². The summed E-state index contributed by atoms with van der Waals surface area (Å²) in [6.45, 7) is 3.34. The summed E-state index contributed by atoms with van der Waals surface area (Å²) >= 11 is 0. The largest absolute Gasteiger partial charge is 0.310 e. The van der Waals surface area contributed by atoms with E-state index in [4.69, 9.17) is 0 Å². The van der Waals surface area contributed by atoms with Crippen molar-refractivity contribution < 1.29 is 0 Å². The van der Waals surface area contributed by atoms with E-state index in [-0.39, 0.29) is 0 Å². The van der Waals surface area contributed by atoms with Crippen LogP contribution in [0.25, 0.3) is 0 Å². The molecule has 2 rings (SSSR count). The molecule has 0 amide bonds. The Hall–Kier alpha value is -0.830. The van der Waals surface area contributed by atoms with Crippen LogP contribution < -0.4 is 5.32 Å². The average Bonchev–Trinajstić information content (AvgIpc) is 2.87. The highest BCUT2D eigenvalue weighted by molar-refractivity contribution is 5.08. The Morgan fingerprint density at radius 3 is 3.00 bits per heavy atom. The zero-order valence-electron chi connectivity index (χ0n) is 9.03. The SMILES string of the molecule is CC(NCCC1CC1)c1cnn(C)c1. The van der Waals surface area contributed by atoms with Crippen molar-refractivity contribution in [1.82, 2.24) is 15.1 Å². The molecule has 1 N–H and O–H groups in total. The van der Waals surface area contributed by atoms with E-state index in [0.717, 1.165) is 12.5 Å². The van der Waals surface area contributed by atoms with Gasteiger partial charge in [-0.15, -0.1) is 0 Å². The Labute approximate surface area is 85.5 Å². The second-order valence-electron chi connectivity index (χ2n) is 4.36. The predicted molar refractivity (Wildman–Crippen MR) is 57.0 cm³/mol. The minimum atomic E-state index is 0.433. The van der Waals surface area contributed by atoms with Gasteiger partial charge in [-0.1, -0.05) is 12.8 Å². The van der Waals surface area contributed by atoms with Crippen LogP contribution in [0.2, 0.25) is 0 Å². The molecule has 1 fully saturated rings. The molecule has 1 aliphatic carbocycles. The molecule has 0 bridgehead atoms. The van der Waals surface area contributed by atoms with Gasteiger partial charge in [-0.25, -0.2) is 0 Å². The van der Waals surface area contributed by atoms with Crippen molar-refractivity contribution in [2.24, 2.45) is 13.0 Å². The van der Waals surface area contributed by atoms with E-state index in [2.05, 4.69) is 23.5 Å². The molecule has 0 aromatic carbocycles. The highest BCUT2D eigenvalue weighted by Crippen LogP contribution is 2.31. The Morgan fingerprint density at radius 1 is 1.64 bits per heavy atom. The minimum absolute atomic E-state index is 0.433. The van der Waals surface area contributed by atoms with Gasteiger partial charge in [-0.05, 0) is 25.8 Å². The van der Waals surface area contributed by atoms with Crippen molar-refractivity contribution in [2.75, 3.05) is 6.54 Å². The van der Waals surface area contributed by atoms with E-state index in [1.54, 1.807) is 0 Å². The van der Waals surface area contributed by atoms with Crippen molar-refractivity contribution in [3.8, 4) is 0 Å². The zero-order valence-corrected chi connectivity index (χ0v) is 9.03. The molecule has 1 aromatic heterocycles. The van der Waals surface area contributed by atoms with Crippen LogP contribution in [-0.4, -0.2) is 16.3 Å². The van der Waals surface area contributed by atoms with Gasteiger partial charge in [-0.3, -0.25) is 4.68 Å². The minimum Gasteiger partial charge on any atom is -0.310 e. The van der Waals surface area contributed by atoms with Gasteiger partial charge in [-0.2, -0.15) is 5.10 Å². The van der Waals surface area contributed by atoms with Gasteiger partial charge >= 0.3 is 0 Å². The molecule has 0 aliphatic heterocycles. The lowest BCUT2D eigenvalue weighted by Crippen LogP contribution is -2.19. The molecule has 1 unspecified atom stereocenters. The van der Waals surface area contributed by atoms with Gasteiger partial charge in [0.2, 0.25) is 0 Å². The molecule has 1 aliphatic rings. The van der Waals surface area contributed by atoms with Crippen LogP contribution >= 0.6 is 0 Å². The van der Waals surface area contributed by atoms with E-state index in [0.29, 0.717) is 6.04 Å².